The average Bonchev–Trinajstić information content (AvgIpc) is 3.23. The van der Waals surface area contributed by atoms with Crippen molar-refractivity contribution in [2.45, 2.75) is 5.37 Å². The van der Waals surface area contributed by atoms with Crippen molar-refractivity contribution in [3.05, 3.63) is 66.2 Å². The predicted octanol–water partition coefficient (Wildman–Crippen LogP) is 5.14. The van der Waals surface area contributed by atoms with Crippen LogP contribution in [-0.4, -0.2) is 37.4 Å². The van der Waals surface area contributed by atoms with Gasteiger partial charge in [-0.1, -0.05) is 48.5 Å². The second-order valence-corrected chi connectivity index (χ2v) is 7.64. The lowest BCUT2D eigenvalue weighted by Crippen LogP contribution is -2.34. The van der Waals surface area contributed by atoms with E-state index < -0.39 is 0 Å². The number of ether oxygens (including phenoxy) is 2. The molecule has 0 aromatic heterocycles. The van der Waals surface area contributed by atoms with Crippen molar-refractivity contribution in [1.29, 1.82) is 0 Å². The van der Waals surface area contributed by atoms with E-state index in [1.165, 1.54) is 0 Å². The van der Waals surface area contributed by atoms with Crippen LogP contribution in [0.1, 0.15) is 10.9 Å². The first-order valence-corrected chi connectivity index (χ1v) is 10.2. The van der Waals surface area contributed by atoms with Gasteiger partial charge >= 0.3 is 6.03 Å². The van der Waals surface area contributed by atoms with E-state index in [9.17, 15) is 4.79 Å². The number of urea groups is 1. The molecule has 0 aliphatic carbocycles. The molecule has 0 radical (unpaired) electrons. The monoisotopic (exact) mass is 394 g/mol. The van der Waals surface area contributed by atoms with Crippen LogP contribution >= 0.6 is 11.8 Å². The smallest absolute Gasteiger partial charge is 0.323 e. The summed E-state index contributed by atoms with van der Waals surface area (Å²) in [6.45, 7) is 0.673. The van der Waals surface area contributed by atoms with E-state index in [2.05, 4.69) is 5.32 Å². The highest BCUT2D eigenvalue weighted by Gasteiger charge is 2.33. The maximum atomic E-state index is 13.1. The zero-order chi connectivity index (χ0) is 19.5. The Hall–Kier alpha value is -2.86. The van der Waals surface area contributed by atoms with E-state index >= 15 is 0 Å². The molecule has 5 nitrogen and oxygen atoms in total. The highest BCUT2D eigenvalue weighted by Crippen LogP contribution is 2.45. The SMILES string of the molecule is COc1cccc(C2SCCN2C(=O)Nc2cccc3ccccc23)c1OC. The summed E-state index contributed by atoms with van der Waals surface area (Å²) in [6, 6.07) is 19.6. The minimum atomic E-state index is -0.125. The highest BCUT2D eigenvalue weighted by atomic mass is 32.2. The van der Waals surface area contributed by atoms with Crippen LogP contribution in [-0.2, 0) is 0 Å². The van der Waals surface area contributed by atoms with Gasteiger partial charge in [-0.2, -0.15) is 0 Å². The molecule has 1 heterocycles. The molecule has 1 aliphatic heterocycles. The lowest BCUT2D eigenvalue weighted by Gasteiger charge is -2.26. The van der Waals surface area contributed by atoms with Crippen LogP contribution in [0.25, 0.3) is 10.8 Å². The Balaban J connectivity index is 1.63. The second-order valence-electron chi connectivity index (χ2n) is 6.46. The fraction of sp³-hybridized carbons (Fsp3) is 0.227. The molecule has 3 aromatic carbocycles. The number of fused-ring (bicyclic) bond motifs is 1. The van der Waals surface area contributed by atoms with Crippen LogP contribution < -0.4 is 14.8 Å². The zero-order valence-corrected chi connectivity index (χ0v) is 16.7. The summed E-state index contributed by atoms with van der Waals surface area (Å²) in [5, 5.41) is 5.10. The van der Waals surface area contributed by atoms with Crippen molar-refractivity contribution in [2.75, 3.05) is 31.8 Å². The van der Waals surface area contributed by atoms with Crippen LogP contribution in [0.2, 0.25) is 0 Å². The summed E-state index contributed by atoms with van der Waals surface area (Å²) >= 11 is 1.72. The molecular formula is C22H22N2O3S. The number of benzene rings is 3. The van der Waals surface area contributed by atoms with Gasteiger partial charge in [0.2, 0.25) is 0 Å². The number of para-hydroxylation sites is 1. The Kier molecular flexibility index (Phi) is 5.30. The maximum Gasteiger partial charge on any atom is 0.323 e. The van der Waals surface area contributed by atoms with Crippen molar-refractivity contribution in [3.63, 3.8) is 0 Å². The summed E-state index contributed by atoms with van der Waals surface area (Å²) in [5.41, 5.74) is 1.76. The molecule has 1 unspecified atom stereocenters. The largest absolute Gasteiger partial charge is 0.493 e. The van der Waals surface area contributed by atoms with Gasteiger partial charge in [0.25, 0.3) is 0 Å². The molecule has 0 saturated carbocycles. The molecule has 1 saturated heterocycles. The molecule has 0 bridgehead atoms. The summed E-state index contributed by atoms with van der Waals surface area (Å²) in [4.78, 5) is 15.0. The number of nitrogens with one attached hydrogen (secondary N) is 1. The standard InChI is InChI=1S/C22H22N2O3S/c1-26-19-12-6-10-17(20(19)27-2)21-24(13-14-28-21)22(25)23-18-11-5-8-15-7-3-4-9-16(15)18/h3-12,21H,13-14H2,1-2H3,(H,23,25). The summed E-state index contributed by atoms with van der Waals surface area (Å²) < 4.78 is 11.0. The normalized spacial score (nSPS) is 16.2. The molecule has 3 aromatic rings. The number of thioether (sulfide) groups is 1. The van der Waals surface area contributed by atoms with E-state index in [4.69, 9.17) is 9.47 Å². The lowest BCUT2D eigenvalue weighted by molar-refractivity contribution is 0.213. The van der Waals surface area contributed by atoms with Gasteiger partial charge in [0.15, 0.2) is 11.5 Å². The third kappa shape index (κ3) is 3.36. The van der Waals surface area contributed by atoms with Crippen molar-refractivity contribution in [1.82, 2.24) is 4.90 Å². The van der Waals surface area contributed by atoms with Gasteiger partial charge in [0.1, 0.15) is 5.37 Å². The number of nitrogens with zero attached hydrogens (tertiary/aromatic N) is 1. The molecule has 0 spiro atoms. The number of methoxy groups -OCH3 is 2. The van der Waals surface area contributed by atoms with Gasteiger partial charge in [-0.25, -0.2) is 4.79 Å². The minimum absolute atomic E-state index is 0.115. The third-order valence-electron chi connectivity index (χ3n) is 4.88. The van der Waals surface area contributed by atoms with Crippen molar-refractivity contribution in [2.24, 2.45) is 0 Å². The number of anilines is 1. The molecule has 1 atom stereocenters. The lowest BCUT2D eigenvalue weighted by atomic mass is 10.1. The van der Waals surface area contributed by atoms with Crippen LogP contribution in [0.15, 0.2) is 60.7 Å². The number of hydrogen-bond acceptors (Lipinski definition) is 4. The van der Waals surface area contributed by atoms with Gasteiger partial charge in [-0.15, -0.1) is 11.8 Å². The van der Waals surface area contributed by atoms with Gasteiger partial charge in [-0.3, -0.25) is 0 Å². The number of amides is 2. The van der Waals surface area contributed by atoms with Crippen molar-refractivity contribution in [3.8, 4) is 11.5 Å². The van der Waals surface area contributed by atoms with Crippen molar-refractivity contribution >= 4 is 34.3 Å². The second kappa shape index (κ2) is 8.02. The third-order valence-corrected chi connectivity index (χ3v) is 6.12. The fourth-order valence-electron chi connectivity index (χ4n) is 3.56. The van der Waals surface area contributed by atoms with Crippen LogP contribution in [0, 0.1) is 0 Å². The number of rotatable bonds is 4. The summed E-state index contributed by atoms with van der Waals surface area (Å²) in [6.07, 6.45) is 0. The van der Waals surface area contributed by atoms with Crippen LogP contribution in [0.4, 0.5) is 10.5 Å². The Morgan fingerprint density at radius 1 is 1.04 bits per heavy atom. The molecule has 4 rings (SSSR count). The van der Waals surface area contributed by atoms with E-state index in [-0.39, 0.29) is 11.4 Å². The molecule has 144 valence electrons. The van der Waals surface area contributed by atoms with E-state index in [0.717, 1.165) is 27.8 Å². The molecular weight excluding hydrogens is 372 g/mol. The Labute approximate surface area is 168 Å². The topological polar surface area (TPSA) is 50.8 Å². The summed E-state index contributed by atoms with van der Waals surface area (Å²) in [5.74, 6) is 2.21. The first kappa shape index (κ1) is 18.5. The van der Waals surface area contributed by atoms with Crippen LogP contribution in [0.5, 0.6) is 11.5 Å². The first-order valence-electron chi connectivity index (χ1n) is 9.11. The van der Waals surface area contributed by atoms with E-state index in [0.29, 0.717) is 18.0 Å². The predicted molar refractivity (Wildman–Crippen MR) is 114 cm³/mol. The van der Waals surface area contributed by atoms with Gasteiger partial charge < -0.3 is 19.7 Å². The highest BCUT2D eigenvalue weighted by molar-refractivity contribution is 7.99. The quantitative estimate of drug-likeness (QED) is 0.666. The Bertz CT molecular complexity index is 1000. The number of carbonyl (C=O) groups is 1. The van der Waals surface area contributed by atoms with Gasteiger partial charge in [0, 0.05) is 23.2 Å². The Morgan fingerprint density at radius 3 is 2.64 bits per heavy atom. The van der Waals surface area contributed by atoms with Crippen molar-refractivity contribution < 1.29 is 14.3 Å². The zero-order valence-electron chi connectivity index (χ0n) is 15.8. The molecule has 1 N–H and O–H groups in total. The van der Waals surface area contributed by atoms with Gasteiger partial charge in [-0.05, 0) is 17.5 Å². The van der Waals surface area contributed by atoms with E-state index in [1.807, 2.05) is 65.6 Å². The molecule has 2 amide bonds. The summed E-state index contributed by atoms with van der Waals surface area (Å²) in [7, 11) is 3.25. The van der Waals surface area contributed by atoms with Crippen LogP contribution in [0.3, 0.4) is 0 Å². The number of hydrogen-bond donors (Lipinski definition) is 1. The first-order chi connectivity index (χ1) is 13.7. The Morgan fingerprint density at radius 2 is 1.82 bits per heavy atom. The average molecular weight is 394 g/mol. The molecule has 28 heavy (non-hydrogen) atoms. The molecule has 6 heteroatoms. The number of carbonyl (C=O) groups excluding carboxylic acids is 1. The van der Waals surface area contributed by atoms with Gasteiger partial charge in [0.05, 0.1) is 19.9 Å². The maximum absolute atomic E-state index is 13.1. The van der Waals surface area contributed by atoms with E-state index in [1.54, 1.807) is 26.0 Å². The molecule has 1 fully saturated rings. The fourth-order valence-corrected chi connectivity index (χ4v) is 4.84. The minimum Gasteiger partial charge on any atom is -0.493 e. The molecule has 1 aliphatic rings.